The summed E-state index contributed by atoms with van der Waals surface area (Å²) in [6.07, 6.45) is 0.767. The van der Waals surface area contributed by atoms with Crippen LogP contribution in [0.3, 0.4) is 0 Å². The molecule has 0 aliphatic rings. The van der Waals surface area contributed by atoms with E-state index in [4.69, 9.17) is 4.74 Å². The second kappa shape index (κ2) is 6.28. The molecule has 0 saturated carbocycles. The van der Waals surface area contributed by atoms with Gasteiger partial charge in [0.05, 0.1) is 7.11 Å². The SMILES string of the molecule is CCCC(O)C(=O)Cc1cccc(OC)c1. The van der Waals surface area contributed by atoms with Gasteiger partial charge in [0.2, 0.25) is 0 Å². The predicted octanol–water partition coefficient (Wildman–Crippen LogP) is 1.97. The lowest BCUT2D eigenvalue weighted by Gasteiger charge is -2.08. The lowest BCUT2D eigenvalue weighted by Crippen LogP contribution is -2.21. The maximum absolute atomic E-state index is 11.6. The van der Waals surface area contributed by atoms with Crippen LogP contribution in [0.5, 0.6) is 5.75 Å². The Morgan fingerprint density at radius 2 is 2.25 bits per heavy atom. The van der Waals surface area contributed by atoms with Gasteiger partial charge in [-0.3, -0.25) is 4.79 Å². The van der Waals surface area contributed by atoms with Gasteiger partial charge in [-0.15, -0.1) is 0 Å². The van der Waals surface area contributed by atoms with Crippen LogP contribution in [0.15, 0.2) is 24.3 Å². The zero-order chi connectivity index (χ0) is 12.0. The van der Waals surface area contributed by atoms with Crippen LogP contribution in [0, 0.1) is 0 Å². The zero-order valence-corrected chi connectivity index (χ0v) is 9.77. The van der Waals surface area contributed by atoms with E-state index >= 15 is 0 Å². The summed E-state index contributed by atoms with van der Waals surface area (Å²) in [5.74, 6) is 0.602. The standard InChI is InChI=1S/C13H18O3/c1-3-5-12(14)13(15)9-10-6-4-7-11(8-10)16-2/h4,6-8,12,14H,3,5,9H2,1-2H3. The van der Waals surface area contributed by atoms with Gasteiger partial charge in [-0.2, -0.15) is 0 Å². The van der Waals surface area contributed by atoms with Gasteiger partial charge in [-0.25, -0.2) is 0 Å². The molecule has 16 heavy (non-hydrogen) atoms. The number of hydrogen-bond acceptors (Lipinski definition) is 3. The highest BCUT2D eigenvalue weighted by molar-refractivity contribution is 5.84. The van der Waals surface area contributed by atoms with Crippen molar-refractivity contribution >= 4 is 5.78 Å². The first kappa shape index (κ1) is 12.7. The van der Waals surface area contributed by atoms with Gasteiger partial charge < -0.3 is 9.84 Å². The Morgan fingerprint density at radius 1 is 1.50 bits per heavy atom. The number of benzene rings is 1. The Balaban J connectivity index is 2.61. The smallest absolute Gasteiger partial charge is 0.165 e. The fourth-order valence-corrected chi connectivity index (χ4v) is 1.54. The maximum Gasteiger partial charge on any atom is 0.165 e. The van der Waals surface area contributed by atoms with Gasteiger partial charge in [0.15, 0.2) is 5.78 Å². The van der Waals surface area contributed by atoms with Crippen molar-refractivity contribution in [2.24, 2.45) is 0 Å². The molecule has 0 radical (unpaired) electrons. The molecule has 3 nitrogen and oxygen atoms in total. The summed E-state index contributed by atoms with van der Waals surface area (Å²) >= 11 is 0. The summed E-state index contributed by atoms with van der Waals surface area (Å²) in [6.45, 7) is 1.95. The van der Waals surface area contributed by atoms with E-state index in [1.165, 1.54) is 0 Å². The number of hydrogen-bond donors (Lipinski definition) is 1. The highest BCUT2D eigenvalue weighted by Crippen LogP contribution is 2.14. The Hall–Kier alpha value is -1.35. The largest absolute Gasteiger partial charge is 0.497 e. The van der Waals surface area contributed by atoms with Crippen molar-refractivity contribution in [3.63, 3.8) is 0 Å². The Bertz CT molecular complexity index is 347. The molecule has 0 heterocycles. The number of carbonyl (C=O) groups excluding carboxylic acids is 1. The van der Waals surface area contributed by atoms with Crippen molar-refractivity contribution in [3.8, 4) is 5.75 Å². The summed E-state index contributed by atoms with van der Waals surface area (Å²) in [6, 6.07) is 7.35. The molecular weight excluding hydrogens is 204 g/mol. The first-order valence-electron chi connectivity index (χ1n) is 5.51. The molecule has 0 spiro atoms. The van der Waals surface area contributed by atoms with Crippen molar-refractivity contribution in [1.29, 1.82) is 0 Å². The van der Waals surface area contributed by atoms with Gasteiger partial charge in [0.25, 0.3) is 0 Å². The summed E-state index contributed by atoms with van der Waals surface area (Å²) < 4.78 is 5.07. The molecule has 1 unspecified atom stereocenters. The van der Waals surface area contributed by atoms with E-state index in [9.17, 15) is 9.90 Å². The Kier molecular flexibility index (Phi) is 4.99. The molecule has 0 aliphatic carbocycles. The van der Waals surface area contributed by atoms with E-state index in [1.807, 2.05) is 31.2 Å². The van der Waals surface area contributed by atoms with Crippen LogP contribution >= 0.6 is 0 Å². The van der Waals surface area contributed by atoms with Crippen LogP contribution in [-0.4, -0.2) is 24.1 Å². The molecule has 1 aromatic carbocycles. The summed E-state index contributed by atoms with van der Waals surface area (Å²) in [5.41, 5.74) is 0.875. The number of carbonyl (C=O) groups is 1. The highest BCUT2D eigenvalue weighted by atomic mass is 16.5. The third-order valence-corrected chi connectivity index (χ3v) is 2.45. The normalized spacial score (nSPS) is 12.2. The fourth-order valence-electron chi connectivity index (χ4n) is 1.54. The maximum atomic E-state index is 11.6. The number of ketones is 1. The fraction of sp³-hybridized carbons (Fsp3) is 0.462. The van der Waals surface area contributed by atoms with E-state index in [-0.39, 0.29) is 12.2 Å². The second-order valence-electron chi connectivity index (χ2n) is 3.80. The Labute approximate surface area is 96.1 Å². The molecule has 0 bridgehead atoms. The van der Waals surface area contributed by atoms with Crippen LogP contribution in [0.2, 0.25) is 0 Å². The average molecular weight is 222 g/mol. The van der Waals surface area contributed by atoms with E-state index < -0.39 is 6.10 Å². The van der Waals surface area contributed by atoms with Crippen LogP contribution in [0.25, 0.3) is 0 Å². The van der Waals surface area contributed by atoms with Crippen molar-refractivity contribution in [1.82, 2.24) is 0 Å². The lowest BCUT2D eigenvalue weighted by atomic mass is 10.0. The molecule has 1 aromatic rings. The second-order valence-corrected chi connectivity index (χ2v) is 3.80. The third kappa shape index (κ3) is 3.66. The van der Waals surface area contributed by atoms with E-state index in [2.05, 4.69) is 0 Å². The quantitative estimate of drug-likeness (QED) is 0.800. The minimum Gasteiger partial charge on any atom is -0.497 e. The summed E-state index contributed by atoms with van der Waals surface area (Å²) in [4.78, 5) is 11.6. The molecule has 1 N–H and O–H groups in total. The number of methoxy groups -OCH3 is 1. The number of rotatable bonds is 6. The molecule has 0 aliphatic heterocycles. The minimum atomic E-state index is -0.837. The van der Waals surface area contributed by atoms with E-state index in [0.29, 0.717) is 6.42 Å². The monoisotopic (exact) mass is 222 g/mol. The van der Waals surface area contributed by atoms with Gasteiger partial charge >= 0.3 is 0 Å². The number of aliphatic hydroxyl groups is 1. The number of Topliss-reactive ketones (excluding diaryl/α,β-unsaturated/α-hetero) is 1. The number of ether oxygens (including phenoxy) is 1. The van der Waals surface area contributed by atoms with Crippen molar-refractivity contribution in [3.05, 3.63) is 29.8 Å². The topological polar surface area (TPSA) is 46.5 Å². The first-order chi connectivity index (χ1) is 7.67. The molecule has 88 valence electrons. The van der Waals surface area contributed by atoms with Crippen LogP contribution in [0.1, 0.15) is 25.3 Å². The molecular formula is C13H18O3. The van der Waals surface area contributed by atoms with Crippen LogP contribution < -0.4 is 4.74 Å². The molecule has 1 rings (SSSR count). The predicted molar refractivity (Wildman–Crippen MR) is 62.6 cm³/mol. The molecule has 0 saturated heterocycles. The highest BCUT2D eigenvalue weighted by Gasteiger charge is 2.14. The minimum absolute atomic E-state index is 0.130. The zero-order valence-electron chi connectivity index (χ0n) is 9.77. The lowest BCUT2D eigenvalue weighted by molar-refractivity contribution is -0.126. The van der Waals surface area contributed by atoms with E-state index in [1.54, 1.807) is 7.11 Å². The summed E-state index contributed by atoms with van der Waals surface area (Å²) in [5, 5.41) is 9.52. The molecule has 1 atom stereocenters. The number of aliphatic hydroxyl groups excluding tert-OH is 1. The van der Waals surface area contributed by atoms with E-state index in [0.717, 1.165) is 17.7 Å². The average Bonchev–Trinajstić information content (AvgIpc) is 2.29. The first-order valence-corrected chi connectivity index (χ1v) is 5.51. The molecule has 0 aromatic heterocycles. The molecule has 3 heteroatoms. The van der Waals surface area contributed by atoms with Gasteiger partial charge in [0.1, 0.15) is 11.9 Å². The van der Waals surface area contributed by atoms with Crippen LogP contribution in [-0.2, 0) is 11.2 Å². The van der Waals surface area contributed by atoms with Gasteiger partial charge in [0, 0.05) is 6.42 Å². The van der Waals surface area contributed by atoms with Gasteiger partial charge in [-0.1, -0.05) is 25.5 Å². The molecule has 0 amide bonds. The Morgan fingerprint density at radius 3 is 2.88 bits per heavy atom. The summed E-state index contributed by atoms with van der Waals surface area (Å²) in [7, 11) is 1.59. The van der Waals surface area contributed by atoms with Crippen molar-refractivity contribution in [2.75, 3.05) is 7.11 Å². The molecule has 0 fully saturated rings. The van der Waals surface area contributed by atoms with Crippen LogP contribution in [0.4, 0.5) is 0 Å². The third-order valence-electron chi connectivity index (χ3n) is 2.45. The van der Waals surface area contributed by atoms with Gasteiger partial charge in [-0.05, 0) is 24.1 Å². The van der Waals surface area contributed by atoms with Crippen molar-refractivity contribution < 1.29 is 14.6 Å². The van der Waals surface area contributed by atoms with Crippen molar-refractivity contribution in [2.45, 2.75) is 32.3 Å².